The van der Waals surface area contributed by atoms with Crippen LogP contribution in [0.2, 0.25) is 20.4 Å². The van der Waals surface area contributed by atoms with E-state index >= 15 is 0 Å². The molecule has 28 nitrogen and oxygen atoms in total. The van der Waals surface area contributed by atoms with Crippen LogP contribution in [0, 0.1) is 0 Å². The van der Waals surface area contributed by atoms with Gasteiger partial charge in [-0.3, -0.25) is 19.2 Å². The van der Waals surface area contributed by atoms with Crippen LogP contribution in [0.15, 0.2) is 227 Å². The van der Waals surface area contributed by atoms with Crippen LogP contribution in [-0.4, -0.2) is 209 Å². The molecular formula is C106H118Cl4N6O22. The topological polar surface area (TPSA) is 305 Å². The van der Waals surface area contributed by atoms with E-state index in [4.69, 9.17) is 113 Å². The molecule has 138 heavy (non-hydrogen) atoms. The largest absolute Gasteiger partial charge is 0.496 e. The highest BCUT2D eigenvalue weighted by Gasteiger charge is 2.44. The maximum atomic E-state index is 13.4. The van der Waals surface area contributed by atoms with Gasteiger partial charge in [-0.1, -0.05) is 143 Å². The van der Waals surface area contributed by atoms with Crippen molar-refractivity contribution in [3.8, 4) is 23.0 Å². The third-order valence-corrected chi connectivity index (χ3v) is 26.4. The Labute approximate surface area is 825 Å². The van der Waals surface area contributed by atoms with E-state index in [2.05, 4.69) is 9.97 Å². The Morgan fingerprint density at radius 2 is 0.630 bits per heavy atom. The lowest BCUT2D eigenvalue weighted by atomic mass is 9.83. The molecule has 16 rings (SSSR count). The molecule has 0 radical (unpaired) electrons. The van der Waals surface area contributed by atoms with Crippen molar-refractivity contribution in [2.45, 2.75) is 179 Å². The highest BCUT2D eigenvalue weighted by molar-refractivity contribution is 6.31. The molecule has 6 aromatic carbocycles. The van der Waals surface area contributed by atoms with E-state index in [-0.39, 0.29) is 100 Å². The number of halogens is 4. The quantitative estimate of drug-likeness (QED) is 0.0157. The molecule has 4 saturated heterocycles. The number of nitrogens with zero attached hydrogens (tertiary/aromatic N) is 6. The molecule has 4 fully saturated rings. The van der Waals surface area contributed by atoms with Crippen molar-refractivity contribution >= 4 is 93.9 Å². The van der Waals surface area contributed by atoms with Gasteiger partial charge in [0.1, 0.15) is 72.9 Å². The molecule has 8 atom stereocenters. The highest BCUT2D eigenvalue weighted by atomic mass is 35.5. The lowest BCUT2D eigenvalue weighted by Crippen LogP contribution is -2.42. The minimum Gasteiger partial charge on any atom is -0.496 e. The van der Waals surface area contributed by atoms with Gasteiger partial charge in [0.15, 0.2) is 0 Å². The predicted octanol–water partition coefficient (Wildman–Crippen LogP) is 18.3. The first-order valence-corrected chi connectivity index (χ1v) is 48.0. The van der Waals surface area contributed by atoms with Crippen molar-refractivity contribution in [1.29, 1.82) is 0 Å². The van der Waals surface area contributed by atoms with E-state index < -0.39 is 47.5 Å². The Morgan fingerprint density at radius 1 is 0.348 bits per heavy atom. The summed E-state index contributed by atoms with van der Waals surface area (Å²) in [6, 6.07) is 51.0. The Kier molecular flexibility index (Phi) is 38.7. The van der Waals surface area contributed by atoms with Crippen molar-refractivity contribution in [2.75, 3.05) is 107 Å². The molecule has 0 unspecified atom stereocenters. The first-order valence-electron chi connectivity index (χ1n) is 46.5. The summed E-state index contributed by atoms with van der Waals surface area (Å²) in [5, 5.41) is 1.89. The molecule has 0 spiro atoms. The molecule has 0 N–H and O–H groups in total. The average Bonchev–Trinajstić information content (AvgIpc) is 0.876. The van der Waals surface area contributed by atoms with E-state index in [1.54, 1.807) is 123 Å². The number of amides is 4. The van der Waals surface area contributed by atoms with E-state index in [0.717, 1.165) is 107 Å². The smallest absolute Gasteiger partial charge is 0.336 e. The summed E-state index contributed by atoms with van der Waals surface area (Å²) < 4.78 is 77.8. The van der Waals surface area contributed by atoms with Gasteiger partial charge < -0.3 is 85.9 Å². The van der Waals surface area contributed by atoms with E-state index in [9.17, 15) is 38.4 Å². The number of methoxy groups -OCH3 is 4. The number of hydrogen-bond acceptors (Lipinski definition) is 24. The summed E-state index contributed by atoms with van der Waals surface area (Å²) in [7, 11) is 6.40. The molecule has 8 aliphatic rings. The standard InChI is InChI=1S/2C28H32ClNO6.2C25H27ClN2O5/c2*1-19-27(28(32)36-18-20-5-11-23(12-6-20)35-15-14-33-2)25(21-7-9-22(29)10-8-21)16-26(31)30(19)17-24-4-3-13-34-24;2*1-16-24(25(30)33-15-18-6-3-4-8-21(18)31-2)20(17-9-10-22(26)27-13-17)12-23(29)28(16)14-19-7-5-11-32-19/h2*5-12,24-25H,3-4,13-18H2,1-2H3;2*3-4,6,8-10,13,19-20H,5,7,11-12,14-15H2,1-2H3/t2*24-,25-;2*19-,20+/m1010/s1. The van der Waals surface area contributed by atoms with Crippen LogP contribution in [-0.2, 0) is 112 Å². The summed E-state index contributed by atoms with van der Waals surface area (Å²) >= 11 is 24.1. The molecule has 10 heterocycles. The van der Waals surface area contributed by atoms with Crippen molar-refractivity contribution in [3.63, 3.8) is 0 Å². The van der Waals surface area contributed by atoms with Gasteiger partial charge in [-0.05, 0) is 185 Å². The summed E-state index contributed by atoms with van der Waals surface area (Å²) in [4.78, 5) is 121. The zero-order valence-corrected chi connectivity index (χ0v) is 81.9. The zero-order valence-electron chi connectivity index (χ0n) is 78.9. The molecule has 8 aliphatic heterocycles. The Morgan fingerprint density at radius 3 is 0.899 bits per heavy atom. The number of allylic oxidation sites excluding steroid dienone is 4. The molecule has 8 aromatic rings. The molecule has 0 aliphatic carbocycles. The van der Waals surface area contributed by atoms with E-state index in [1.165, 1.54) is 0 Å². The number of pyridine rings is 2. The van der Waals surface area contributed by atoms with Crippen LogP contribution in [0.4, 0.5) is 0 Å². The SMILES string of the molecule is COCCOc1ccc(COC(=O)C2=C(C)N(C[C@@H]3CCCO3)C(=O)C[C@H]2c2ccc(Cl)cc2)cc1.COCCOc1ccc(COC(=O)C2=C(C)N(C[C@H]3CCCO3)C(=O)C[C@@H]2c2ccc(Cl)cc2)cc1.COc1ccccc1COC(=O)C1=C(C)N(C[C@@H]2CCCO2)C(=O)C[C@@H]1c1ccc(Cl)nc1.COc1ccccc1COC(=O)C1=C(C)N(C[C@H]2CCCO2)C(=O)C[C@H]1c1ccc(Cl)nc1. The van der Waals surface area contributed by atoms with Crippen LogP contribution in [0.3, 0.4) is 0 Å². The summed E-state index contributed by atoms with van der Waals surface area (Å²) in [5.74, 6) is -0.956. The molecule has 0 saturated carbocycles. The third kappa shape index (κ3) is 28.0. The number of esters is 4. The molecule has 0 bridgehead atoms. The maximum absolute atomic E-state index is 13.4. The number of carbonyl (C=O) groups is 8. The fraction of sp³-hybridized carbons (Fsp3) is 0.415. The lowest BCUT2D eigenvalue weighted by Gasteiger charge is -2.35. The number of rotatable bonds is 34. The second-order valence-electron chi connectivity index (χ2n) is 34.4. The van der Waals surface area contributed by atoms with Gasteiger partial charge in [-0.25, -0.2) is 29.1 Å². The first-order chi connectivity index (χ1) is 66.9. The van der Waals surface area contributed by atoms with Gasteiger partial charge >= 0.3 is 23.9 Å². The van der Waals surface area contributed by atoms with E-state index in [0.29, 0.717) is 156 Å². The summed E-state index contributed by atoms with van der Waals surface area (Å²) in [5.41, 5.74) is 10.7. The molecule has 732 valence electrons. The Bertz CT molecular complexity index is 5280. The molecule has 4 amide bonds. The first kappa shape index (κ1) is 104. The summed E-state index contributed by atoms with van der Waals surface area (Å²) in [6.45, 7) is 14.1. The number of para-hydroxylation sites is 2. The number of carbonyl (C=O) groups excluding carboxylic acids is 8. The number of ether oxygens (including phenoxy) is 14. The Balaban J connectivity index is 0.000000155. The maximum Gasteiger partial charge on any atom is 0.336 e. The van der Waals surface area contributed by atoms with Gasteiger partial charge in [0.05, 0.1) is 100 Å². The van der Waals surface area contributed by atoms with Gasteiger partial charge in [-0.15, -0.1) is 0 Å². The van der Waals surface area contributed by atoms with Crippen LogP contribution >= 0.6 is 46.4 Å². The molecular weight excluding hydrogens is 1850 g/mol. The molecule has 2 aromatic heterocycles. The van der Waals surface area contributed by atoms with Crippen molar-refractivity contribution in [3.05, 3.63) is 292 Å². The lowest BCUT2D eigenvalue weighted by molar-refractivity contribution is -0.143. The second-order valence-corrected chi connectivity index (χ2v) is 36.1. The fourth-order valence-electron chi connectivity index (χ4n) is 18.1. The van der Waals surface area contributed by atoms with Gasteiger partial charge in [0.25, 0.3) is 0 Å². The Hall–Kier alpha value is -11.5. The fourth-order valence-corrected chi connectivity index (χ4v) is 18.5. The summed E-state index contributed by atoms with van der Waals surface area (Å²) in [6.07, 6.45) is 11.3. The molecule has 32 heteroatoms. The van der Waals surface area contributed by atoms with Crippen LogP contribution < -0.4 is 18.9 Å². The monoisotopic (exact) mass is 1970 g/mol. The average molecular weight is 1970 g/mol. The van der Waals surface area contributed by atoms with Crippen molar-refractivity contribution < 1.29 is 105 Å². The van der Waals surface area contributed by atoms with Crippen LogP contribution in [0.1, 0.15) is 173 Å². The zero-order chi connectivity index (χ0) is 97.7. The highest BCUT2D eigenvalue weighted by Crippen LogP contribution is 2.44. The van der Waals surface area contributed by atoms with Crippen molar-refractivity contribution in [2.24, 2.45) is 0 Å². The predicted molar refractivity (Wildman–Crippen MR) is 517 cm³/mol. The van der Waals surface area contributed by atoms with Crippen LogP contribution in [0.5, 0.6) is 23.0 Å². The number of benzene rings is 6. The normalized spacial score (nSPS) is 20.4. The van der Waals surface area contributed by atoms with Gasteiger partial charge in [-0.2, -0.15) is 0 Å². The van der Waals surface area contributed by atoms with Gasteiger partial charge in [0, 0.05) is 146 Å². The van der Waals surface area contributed by atoms with Crippen LogP contribution in [0.25, 0.3) is 0 Å². The van der Waals surface area contributed by atoms with Crippen molar-refractivity contribution in [1.82, 2.24) is 29.6 Å². The van der Waals surface area contributed by atoms with Gasteiger partial charge in [0.2, 0.25) is 23.6 Å². The van der Waals surface area contributed by atoms with E-state index in [1.807, 2.05) is 135 Å². The minimum atomic E-state index is -0.469. The number of aromatic nitrogens is 2. The second kappa shape index (κ2) is 51.4. The number of hydrogen-bond donors (Lipinski definition) is 0. The third-order valence-electron chi connectivity index (χ3n) is 25.5. The minimum absolute atomic E-state index is 0.0159.